The molecule has 1 aliphatic rings. The molecule has 1 aliphatic heterocycles. The van der Waals surface area contributed by atoms with Crippen molar-refractivity contribution in [2.45, 2.75) is 4.90 Å². The minimum atomic E-state index is -3.75. The minimum absolute atomic E-state index is 0.0923. The fourth-order valence-corrected chi connectivity index (χ4v) is 3.29. The van der Waals surface area contributed by atoms with Crippen LogP contribution in [0.1, 0.15) is 15.9 Å². The quantitative estimate of drug-likeness (QED) is 0.725. The van der Waals surface area contributed by atoms with E-state index in [-0.39, 0.29) is 22.0 Å². The van der Waals surface area contributed by atoms with Gasteiger partial charge in [-0.25, -0.2) is 4.79 Å². The van der Waals surface area contributed by atoms with Crippen LogP contribution in [0.5, 0.6) is 5.75 Å². The number of sulfonamides is 1. The van der Waals surface area contributed by atoms with Gasteiger partial charge in [-0.15, -0.1) is 4.40 Å². The van der Waals surface area contributed by atoms with Crippen molar-refractivity contribution in [3.8, 4) is 5.75 Å². The molecule has 0 bridgehead atoms. The minimum Gasteiger partial charge on any atom is -0.507 e. The molecule has 1 heterocycles. The van der Waals surface area contributed by atoms with Crippen LogP contribution in [0.4, 0.5) is 5.69 Å². The Hall–Kier alpha value is -2.87. The van der Waals surface area contributed by atoms with Crippen molar-refractivity contribution in [3.05, 3.63) is 53.6 Å². The molecule has 0 saturated carbocycles. The topological polar surface area (TPSA) is 116 Å². The summed E-state index contributed by atoms with van der Waals surface area (Å²) in [6.07, 6.45) is 0. The lowest BCUT2D eigenvalue weighted by Crippen LogP contribution is -2.12. The molecule has 0 atom stereocenters. The summed E-state index contributed by atoms with van der Waals surface area (Å²) in [7, 11) is -3.75. The number of anilines is 1. The zero-order valence-corrected chi connectivity index (χ0v) is 11.8. The molecule has 0 saturated heterocycles. The van der Waals surface area contributed by atoms with Crippen molar-refractivity contribution < 1.29 is 23.4 Å². The van der Waals surface area contributed by atoms with Gasteiger partial charge in [-0.2, -0.15) is 8.42 Å². The van der Waals surface area contributed by atoms with Gasteiger partial charge in [0.15, 0.2) is 5.84 Å². The van der Waals surface area contributed by atoms with Gasteiger partial charge >= 0.3 is 5.97 Å². The Kier molecular flexibility index (Phi) is 3.10. The summed E-state index contributed by atoms with van der Waals surface area (Å²) < 4.78 is 27.5. The Morgan fingerprint density at radius 3 is 2.59 bits per heavy atom. The molecule has 8 heteroatoms. The van der Waals surface area contributed by atoms with Crippen molar-refractivity contribution >= 4 is 27.5 Å². The highest BCUT2D eigenvalue weighted by Crippen LogP contribution is 2.28. The van der Waals surface area contributed by atoms with Gasteiger partial charge in [0, 0.05) is 11.3 Å². The maximum Gasteiger partial charge on any atom is 0.339 e. The van der Waals surface area contributed by atoms with E-state index >= 15 is 0 Å². The number of rotatable bonds is 2. The molecule has 0 radical (unpaired) electrons. The number of benzene rings is 2. The van der Waals surface area contributed by atoms with E-state index in [4.69, 9.17) is 5.11 Å². The van der Waals surface area contributed by atoms with Gasteiger partial charge in [0.1, 0.15) is 16.2 Å². The molecule has 0 fully saturated rings. The zero-order chi connectivity index (χ0) is 15.9. The number of carboxylic acid groups (broad SMARTS) is 1. The predicted octanol–water partition coefficient (Wildman–Crippen LogP) is 1.65. The molecule has 0 unspecified atom stereocenters. The lowest BCUT2D eigenvalue weighted by atomic mass is 10.1. The van der Waals surface area contributed by atoms with Crippen LogP contribution in [0.15, 0.2) is 51.8 Å². The second-order valence-corrected chi connectivity index (χ2v) is 6.15. The average Bonchev–Trinajstić information content (AvgIpc) is 2.72. The summed E-state index contributed by atoms with van der Waals surface area (Å²) in [6, 6.07) is 10.2. The van der Waals surface area contributed by atoms with Crippen molar-refractivity contribution in [2.75, 3.05) is 5.32 Å². The highest BCUT2D eigenvalue weighted by Gasteiger charge is 2.28. The van der Waals surface area contributed by atoms with Crippen LogP contribution in [-0.4, -0.2) is 30.4 Å². The van der Waals surface area contributed by atoms with Crippen molar-refractivity contribution in [3.63, 3.8) is 0 Å². The van der Waals surface area contributed by atoms with E-state index in [9.17, 15) is 18.3 Å². The fourth-order valence-electron chi connectivity index (χ4n) is 2.12. The first-order valence-electron chi connectivity index (χ1n) is 6.16. The third-order valence-electron chi connectivity index (χ3n) is 3.12. The third kappa shape index (κ3) is 2.29. The predicted molar refractivity (Wildman–Crippen MR) is 78.9 cm³/mol. The average molecular weight is 318 g/mol. The van der Waals surface area contributed by atoms with E-state index in [2.05, 4.69) is 9.71 Å². The highest BCUT2D eigenvalue weighted by molar-refractivity contribution is 7.90. The normalized spacial score (nSPS) is 15.0. The molecule has 0 aliphatic carbocycles. The van der Waals surface area contributed by atoms with Gasteiger partial charge in [-0.1, -0.05) is 12.1 Å². The summed E-state index contributed by atoms with van der Waals surface area (Å²) in [4.78, 5) is 11.1. The van der Waals surface area contributed by atoms with Crippen molar-refractivity contribution in [2.24, 2.45) is 4.40 Å². The lowest BCUT2D eigenvalue weighted by Gasteiger charge is -2.08. The molecule has 7 nitrogen and oxygen atoms in total. The standard InChI is InChI=1S/C14H10N2O5S/c17-11-6-5-8(7-10(11)14(18)19)15-13-9-3-1-2-4-12(9)22(20,21)16-13/h1-7,17H,(H,15,16)(H,18,19). The van der Waals surface area contributed by atoms with E-state index < -0.39 is 16.0 Å². The van der Waals surface area contributed by atoms with E-state index in [1.807, 2.05) is 0 Å². The SMILES string of the molecule is O=C(O)c1cc(NC2=NS(=O)(=O)c3ccccc32)ccc1O. The molecule has 22 heavy (non-hydrogen) atoms. The molecular weight excluding hydrogens is 308 g/mol. The van der Waals surface area contributed by atoms with Gasteiger partial charge in [0.25, 0.3) is 10.0 Å². The molecule has 0 aromatic heterocycles. The number of fused-ring (bicyclic) bond motifs is 1. The number of nitrogens with one attached hydrogen (secondary N) is 1. The van der Waals surface area contributed by atoms with E-state index in [1.54, 1.807) is 18.2 Å². The third-order valence-corrected chi connectivity index (χ3v) is 4.46. The van der Waals surface area contributed by atoms with Crippen LogP contribution >= 0.6 is 0 Å². The number of amidine groups is 1. The molecule has 112 valence electrons. The van der Waals surface area contributed by atoms with Crippen molar-refractivity contribution in [1.82, 2.24) is 0 Å². The fraction of sp³-hybridized carbons (Fsp3) is 0. The Morgan fingerprint density at radius 2 is 1.86 bits per heavy atom. The maximum absolute atomic E-state index is 11.9. The van der Waals surface area contributed by atoms with Gasteiger partial charge in [0.05, 0.1) is 0 Å². The second kappa shape index (κ2) is 4.85. The van der Waals surface area contributed by atoms with Crippen LogP contribution in [0.3, 0.4) is 0 Å². The van der Waals surface area contributed by atoms with E-state index in [0.29, 0.717) is 11.3 Å². The molecule has 0 amide bonds. The Morgan fingerprint density at radius 1 is 1.14 bits per heavy atom. The second-order valence-electron chi connectivity index (χ2n) is 4.57. The van der Waals surface area contributed by atoms with Gasteiger partial charge < -0.3 is 15.5 Å². The van der Waals surface area contributed by atoms with Crippen LogP contribution in [0, 0.1) is 0 Å². The molecule has 2 aromatic carbocycles. The lowest BCUT2D eigenvalue weighted by molar-refractivity contribution is 0.0694. The van der Waals surface area contributed by atoms with E-state index in [0.717, 1.165) is 0 Å². The number of carboxylic acids is 1. The molecule has 3 rings (SSSR count). The summed E-state index contributed by atoms with van der Waals surface area (Å²) in [6.45, 7) is 0. The monoisotopic (exact) mass is 318 g/mol. The molecule has 3 N–H and O–H groups in total. The van der Waals surface area contributed by atoms with Gasteiger partial charge in [0.2, 0.25) is 0 Å². The number of aromatic carboxylic acids is 1. The molecule has 2 aromatic rings. The number of hydrogen-bond acceptors (Lipinski definition) is 5. The summed E-state index contributed by atoms with van der Waals surface area (Å²) in [5, 5.41) is 21.2. The first kappa shape index (κ1) is 14.1. The molecular formula is C14H10N2O5S. The van der Waals surface area contributed by atoms with Crippen molar-refractivity contribution in [1.29, 1.82) is 0 Å². The molecule has 0 spiro atoms. The maximum atomic E-state index is 11.9. The summed E-state index contributed by atoms with van der Waals surface area (Å²) in [5.74, 6) is -1.56. The number of nitrogens with zero attached hydrogens (tertiary/aromatic N) is 1. The largest absolute Gasteiger partial charge is 0.507 e. The van der Waals surface area contributed by atoms with E-state index in [1.165, 1.54) is 24.3 Å². The van der Waals surface area contributed by atoms with Crippen LogP contribution in [-0.2, 0) is 10.0 Å². The summed E-state index contributed by atoms with van der Waals surface area (Å²) >= 11 is 0. The number of aromatic hydroxyl groups is 1. The Balaban J connectivity index is 2.02. The first-order valence-corrected chi connectivity index (χ1v) is 7.60. The number of hydrogen-bond donors (Lipinski definition) is 3. The number of carbonyl (C=O) groups is 1. The Labute approximate surface area is 125 Å². The summed E-state index contributed by atoms with van der Waals surface area (Å²) in [5.41, 5.74) is 0.424. The number of phenols is 1. The zero-order valence-electron chi connectivity index (χ0n) is 11.0. The van der Waals surface area contributed by atoms with Crippen LogP contribution < -0.4 is 5.32 Å². The van der Waals surface area contributed by atoms with Gasteiger partial charge in [-0.05, 0) is 30.3 Å². The van der Waals surface area contributed by atoms with Crippen LogP contribution in [0.25, 0.3) is 0 Å². The van der Waals surface area contributed by atoms with Gasteiger partial charge in [-0.3, -0.25) is 0 Å². The van der Waals surface area contributed by atoms with Crippen LogP contribution in [0.2, 0.25) is 0 Å². The smallest absolute Gasteiger partial charge is 0.339 e. The Bertz CT molecular complexity index is 919. The highest BCUT2D eigenvalue weighted by atomic mass is 32.2. The first-order chi connectivity index (χ1) is 10.4.